The van der Waals surface area contributed by atoms with Crippen LogP contribution in [0.25, 0.3) is 16.6 Å². The average Bonchev–Trinajstić information content (AvgIpc) is 2.83. The normalized spacial score (nSPS) is 12.9. The van der Waals surface area contributed by atoms with Crippen molar-refractivity contribution in [3.05, 3.63) is 104 Å². The molecule has 7 heteroatoms. The maximum Gasteiger partial charge on any atom is 0.333 e. The lowest BCUT2D eigenvalue weighted by Crippen LogP contribution is -2.36. The number of para-hydroxylation sites is 2. The summed E-state index contributed by atoms with van der Waals surface area (Å²) in [6, 6.07) is 20.9. The Bertz CT molecular complexity index is 1540. The van der Waals surface area contributed by atoms with Gasteiger partial charge in [0, 0.05) is 17.8 Å². The standard InChI is InChI=1S/C25H18N4O3/c26-15-16-12-18(23(30)28-11-5-7-17-6-1-4-10-22(17)28)14-19(13-16)29-24(31)20-8-2-3-9-21(20)27-25(29)32/h1-4,6,8-10,12-14H,5,7,11H2,(H,27,32). The SMILES string of the molecule is N#Cc1cc(C(=O)N2CCCc3ccccc32)cc(-n2c(=O)[nH]c3ccccc3c2=O)c1. The summed E-state index contributed by atoms with van der Waals surface area (Å²) >= 11 is 0. The summed E-state index contributed by atoms with van der Waals surface area (Å²) in [5.41, 5.74) is 1.82. The van der Waals surface area contributed by atoms with E-state index in [9.17, 15) is 19.6 Å². The van der Waals surface area contributed by atoms with Gasteiger partial charge in [0.05, 0.1) is 28.2 Å². The number of aromatic nitrogens is 2. The molecule has 1 aliphatic heterocycles. The van der Waals surface area contributed by atoms with Crippen LogP contribution in [0, 0.1) is 11.3 Å². The quantitative estimate of drug-likeness (QED) is 0.536. The van der Waals surface area contributed by atoms with Crippen molar-refractivity contribution in [3.63, 3.8) is 0 Å². The Hall–Kier alpha value is -4.44. The Morgan fingerprint density at radius 1 is 1.00 bits per heavy atom. The van der Waals surface area contributed by atoms with E-state index in [0.717, 1.165) is 28.7 Å². The minimum atomic E-state index is -0.634. The third-order valence-corrected chi connectivity index (χ3v) is 5.71. The number of benzene rings is 3. The number of carbonyl (C=O) groups is 1. The van der Waals surface area contributed by atoms with Crippen molar-refractivity contribution >= 4 is 22.5 Å². The van der Waals surface area contributed by atoms with Crippen LogP contribution in [0.3, 0.4) is 0 Å². The summed E-state index contributed by atoms with van der Waals surface area (Å²) in [6.45, 7) is 0.554. The van der Waals surface area contributed by atoms with E-state index in [4.69, 9.17) is 0 Å². The number of nitrogens with zero attached hydrogens (tertiary/aromatic N) is 3. The number of nitrogens with one attached hydrogen (secondary N) is 1. The topological polar surface area (TPSA) is 99.0 Å². The number of hydrogen-bond acceptors (Lipinski definition) is 4. The van der Waals surface area contributed by atoms with Gasteiger partial charge in [-0.15, -0.1) is 0 Å². The van der Waals surface area contributed by atoms with Gasteiger partial charge in [0.15, 0.2) is 0 Å². The summed E-state index contributed by atoms with van der Waals surface area (Å²) in [4.78, 5) is 43.6. The van der Waals surface area contributed by atoms with Crippen LogP contribution in [0.15, 0.2) is 76.3 Å². The van der Waals surface area contributed by atoms with E-state index in [1.165, 1.54) is 18.2 Å². The van der Waals surface area contributed by atoms with E-state index in [-0.39, 0.29) is 22.7 Å². The molecule has 0 fully saturated rings. The van der Waals surface area contributed by atoms with Crippen LogP contribution >= 0.6 is 0 Å². The highest BCUT2D eigenvalue weighted by Crippen LogP contribution is 2.28. The molecule has 2 heterocycles. The first-order valence-corrected chi connectivity index (χ1v) is 10.3. The molecule has 0 atom stereocenters. The van der Waals surface area contributed by atoms with Crippen LogP contribution in [0.2, 0.25) is 0 Å². The zero-order chi connectivity index (χ0) is 22.2. The van der Waals surface area contributed by atoms with Crippen LogP contribution < -0.4 is 16.1 Å². The molecule has 5 rings (SSSR count). The fourth-order valence-corrected chi connectivity index (χ4v) is 4.23. The van der Waals surface area contributed by atoms with Crippen molar-refractivity contribution in [1.29, 1.82) is 5.26 Å². The van der Waals surface area contributed by atoms with E-state index in [1.54, 1.807) is 29.2 Å². The number of rotatable bonds is 2. The smallest absolute Gasteiger partial charge is 0.308 e. The Morgan fingerprint density at radius 3 is 2.62 bits per heavy atom. The molecule has 3 aromatic carbocycles. The van der Waals surface area contributed by atoms with Crippen molar-refractivity contribution in [1.82, 2.24) is 9.55 Å². The number of anilines is 1. The Morgan fingerprint density at radius 2 is 1.78 bits per heavy atom. The van der Waals surface area contributed by atoms with Crippen LogP contribution in [-0.2, 0) is 6.42 Å². The Labute approximate surface area is 182 Å². The van der Waals surface area contributed by atoms with Gasteiger partial charge in [0.2, 0.25) is 0 Å². The summed E-state index contributed by atoms with van der Waals surface area (Å²) in [6.07, 6.45) is 1.72. The lowest BCUT2D eigenvalue weighted by molar-refractivity contribution is 0.0985. The van der Waals surface area contributed by atoms with Gasteiger partial charge in [-0.2, -0.15) is 5.26 Å². The molecule has 0 saturated heterocycles. The molecule has 156 valence electrons. The Kier molecular flexibility index (Phi) is 4.68. The predicted molar refractivity (Wildman–Crippen MR) is 121 cm³/mol. The molecule has 0 unspecified atom stereocenters. The molecular weight excluding hydrogens is 404 g/mol. The van der Waals surface area contributed by atoms with E-state index in [0.29, 0.717) is 17.4 Å². The van der Waals surface area contributed by atoms with E-state index < -0.39 is 11.2 Å². The zero-order valence-electron chi connectivity index (χ0n) is 17.0. The number of aryl methyl sites for hydroxylation is 1. The van der Waals surface area contributed by atoms with E-state index in [1.807, 2.05) is 30.3 Å². The molecule has 0 spiro atoms. The fraction of sp³-hybridized carbons (Fsp3) is 0.120. The highest BCUT2D eigenvalue weighted by Gasteiger charge is 2.24. The summed E-state index contributed by atoms with van der Waals surface area (Å²) < 4.78 is 0.962. The first kappa shape index (κ1) is 19.5. The monoisotopic (exact) mass is 422 g/mol. The molecule has 1 aromatic heterocycles. The van der Waals surface area contributed by atoms with E-state index in [2.05, 4.69) is 4.98 Å². The van der Waals surface area contributed by atoms with Gasteiger partial charge in [0.1, 0.15) is 0 Å². The van der Waals surface area contributed by atoms with Gasteiger partial charge in [-0.3, -0.25) is 9.59 Å². The summed E-state index contributed by atoms with van der Waals surface area (Å²) in [5, 5.41) is 9.89. The van der Waals surface area contributed by atoms with Gasteiger partial charge < -0.3 is 9.88 Å². The third-order valence-electron chi connectivity index (χ3n) is 5.71. The van der Waals surface area contributed by atoms with E-state index >= 15 is 0 Å². The summed E-state index contributed by atoms with van der Waals surface area (Å²) in [7, 11) is 0. The third kappa shape index (κ3) is 3.19. The molecular formula is C25H18N4O3. The largest absolute Gasteiger partial charge is 0.333 e. The molecule has 32 heavy (non-hydrogen) atoms. The average molecular weight is 422 g/mol. The van der Waals surface area contributed by atoms with Gasteiger partial charge in [-0.25, -0.2) is 9.36 Å². The number of amides is 1. The number of carbonyl (C=O) groups excluding carboxylic acids is 1. The zero-order valence-corrected chi connectivity index (χ0v) is 17.0. The Balaban J connectivity index is 1.67. The number of nitriles is 1. The second-order valence-electron chi connectivity index (χ2n) is 7.69. The molecule has 4 aromatic rings. The van der Waals surface area contributed by atoms with Gasteiger partial charge in [-0.05, 0) is 54.8 Å². The molecule has 7 nitrogen and oxygen atoms in total. The van der Waals surface area contributed by atoms with Crippen molar-refractivity contribution in [2.75, 3.05) is 11.4 Å². The van der Waals surface area contributed by atoms with Crippen molar-refractivity contribution in [3.8, 4) is 11.8 Å². The second-order valence-corrected chi connectivity index (χ2v) is 7.69. The first-order chi connectivity index (χ1) is 15.6. The van der Waals surface area contributed by atoms with Crippen LogP contribution in [0.1, 0.15) is 27.9 Å². The molecule has 0 bridgehead atoms. The van der Waals surface area contributed by atoms with Crippen molar-refractivity contribution in [2.45, 2.75) is 12.8 Å². The first-order valence-electron chi connectivity index (χ1n) is 10.3. The lowest BCUT2D eigenvalue weighted by atomic mass is 10.00. The highest BCUT2D eigenvalue weighted by molar-refractivity contribution is 6.07. The van der Waals surface area contributed by atoms with Gasteiger partial charge >= 0.3 is 5.69 Å². The van der Waals surface area contributed by atoms with Crippen LogP contribution in [0.5, 0.6) is 0 Å². The van der Waals surface area contributed by atoms with Crippen LogP contribution in [0.4, 0.5) is 5.69 Å². The summed E-state index contributed by atoms with van der Waals surface area (Å²) in [5.74, 6) is -0.277. The van der Waals surface area contributed by atoms with Crippen LogP contribution in [-0.4, -0.2) is 22.0 Å². The second kappa shape index (κ2) is 7.67. The highest BCUT2D eigenvalue weighted by atomic mass is 16.2. The van der Waals surface area contributed by atoms with Crippen molar-refractivity contribution < 1.29 is 4.79 Å². The minimum Gasteiger partial charge on any atom is -0.308 e. The predicted octanol–water partition coefficient (Wildman–Crippen LogP) is 3.14. The number of hydrogen-bond donors (Lipinski definition) is 1. The fourth-order valence-electron chi connectivity index (χ4n) is 4.23. The minimum absolute atomic E-state index is 0.176. The molecule has 0 aliphatic carbocycles. The molecule has 1 N–H and O–H groups in total. The molecule has 0 saturated carbocycles. The van der Waals surface area contributed by atoms with Gasteiger partial charge in [0.25, 0.3) is 11.5 Å². The lowest BCUT2D eigenvalue weighted by Gasteiger charge is -2.29. The number of H-pyrrole nitrogens is 1. The maximum absolute atomic E-state index is 13.4. The van der Waals surface area contributed by atoms with Gasteiger partial charge in [-0.1, -0.05) is 30.3 Å². The van der Waals surface area contributed by atoms with Crippen molar-refractivity contribution in [2.24, 2.45) is 0 Å². The number of aromatic amines is 1. The molecule has 1 amide bonds. The maximum atomic E-state index is 13.4. The number of fused-ring (bicyclic) bond motifs is 2. The molecule has 1 aliphatic rings. The molecule has 0 radical (unpaired) electrons.